The van der Waals surface area contributed by atoms with Crippen LogP contribution in [0.2, 0.25) is 0 Å². The van der Waals surface area contributed by atoms with Crippen LogP contribution < -0.4 is 5.32 Å². The normalized spacial score (nSPS) is 12.0. The van der Waals surface area contributed by atoms with Gasteiger partial charge in [0, 0.05) is 6.20 Å². The number of tetrazole rings is 1. The first-order valence-corrected chi connectivity index (χ1v) is 5.54. The van der Waals surface area contributed by atoms with Gasteiger partial charge in [0.15, 0.2) is 5.75 Å². The SMILES string of the molecule is N#CC(=CNc1ccc(F)c(C(F)(F)F)c1O)c1nn[nH]n1. The Morgan fingerprint density at radius 1 is 1.41 bits per heavy atom. The highest BCUT2D eigenvalue weighted by Gasteiger charge is 2.38. The van der Waals surface area contributed by atoms with Crippen molar-refractivity contribution in [2.75, 3.05) is 5.32 Å². The van der Waals surface area contributed by atoms with Crippen molar-refractivity contribution >= 4 is 11.3 Å². The van der Waals surface area contributed by atoms with E-state index in [1.54, 1.807) is 6.07 Å². The quantitative estimate of drug-likeness (QED) is 0.454. The number of benzene rings is 1. The summed E-state index contributed by atoms with van der Waals surface area (Å²) < 4.78 is 51.2. The second-order valence-corrected chi connectivity index (χ2v) is 3.87. The van der Waals surface area contributed by atoms with Gasteiger partial charge in [0.1, 0.15) is 23.0 Å². The molecule has 0 fully saturated rings. The molecule has 7 nitrogen and oxygen atoms in total. The minimum Gasteiger partial charge on any atom is -0.505 e. The molecule has 0 saturated carbocycles. The average molecular weight is 314 g/mol. The van der Waals surface area contributed by atoms with Gasteiger partial charge in [-0.3, -0.25) is 0 Å². The molecular weight excluding hydrogens is 308 g/mol. The minimum absolute atomic E-state index is 0.104. The molecule has 0 spiro atoms. The molecule has 0 radical (unpaired) electrons. The number of aromatic nitrogens is 4. The van der Waals surface area contributed by atoms with Crippen molar-refractivity contribution in [1.82, 2.24) is 20.6 Å². The van der Waals surface area contributed by atoms with E-state index in [0.717, 1.165) is 12.3 Å². The number of nitriles is 1. The lowest BCUT2D eigenvalue weighted by atomic mass is 10.1. The van der Waals surface area contributed by atoms with Crippen LogP contribution in [0.5, 0.6) is 5.75 Å². The van der Waals surface area contributed by atoms with Gasteiger partial charge >= 0.3 is 6.18 Å². The number of hydrogen-bond donors (Lipinski definition) is 3. The van der Waals surface area contributed by atoms with Crippen LogP contribution in [0.25, 0.3) is 5.57 Å². The van der Waals surface area contributed by atoms with Crippen LogP contribution in [0.4, 0.5) is 23.2 Å². The minimum atomic E-state index is -5.07. The van der Waals surface area contributed by atoms with Gasteiger partial charge in [0.25, 0.3) is 0 Å². The second kappa shape index (κ2) is 5.68. The van der Waals surface area contributed by atoms with Crippen LogP contribution in [0.15, 0.2) is 18.3 Å². The van der Waals surface area contributed by atoms with Gasteiger partial charge in [-0.1, -0.05) is 0 Å². The Labute approximate surface area is 119 Å². The molecule has 11 heteroatoms. The summed E-state index contributed by atoms with van der Waals surface area (Å²) in [6.07, 6.45) is -4.11. The van der Waals surface area contributed by atoms with Crippen molar-refractivity contribution in [2.24, 2.45) is 0 Å². The number of H-pyrrole nitrogens is 1. The van der Waals surface area contributed by atoms with Crippen LogP contribution in [0.1, 0.15) is 11.4 Å². The van der Waals surface area contributed by atoms with Gasteiger partial charge in [0.2, 0.25) is 5.82 Å². The summed E-state index contributed by atoms with van der Waals surface area (Å²) in [5, 5.41) is 33.0. The number of phenolic OH excluding ortho intramolecular Hbond substituents is 1. The number of phenols is 1. The maximum atomic E-state index is 13.2. The molecule has 2 rings (SSSR count). The molecule has 1 heterocycles. The summed E-state index contributed by atoms with van der Waals surface area (Å²) in [6, 6.07) is 3.12. The molecule has 0 bridgehead atoms. The summed E-state index contributed by atoms with van der Waals surface area (Å²) in [6.45, 7) is 0. The van der Waals surface area contributed by atoms with E-state index < -0.39 is 29.0 Å². The van der Waals surface area contributed by atoms with Crippen molar-refractivity contribution in [1.29, 1.82) is 5.26 Å². The van der Waals surface area contributed by atoms with E-state index in [2.05, 4.69) is 25.9 Å². The maximum Gasteiger partial charge on any atom is 0.422 e. The van der Waals surface area contributed by atoms with E-state index in [4.69, 9.17) is 5.26 Å². The van der Waals surface area contributed by atoms with Crippen molar-refractivity contribution in [3.63, 3.8) is 0 Å². The summed E-state index contributed by atoms with van der Waals surface area (Å²) in [7, 11) is 0. The number of nitrogens with zero attached hydrogens (tertiary/aromatic N) is 4. The molecule has 1 aromatic carbocycles. The highest BCUT2D eigenvalue weighted by Crippen LogP contribution is 2.41. The molecule has 0 aliphatic heterocycles. The molecule has 0 atom stereocenters. The topological polar surface area (TPSA) is 111 Å². The highest BCUT2D eigenvalue weighted by atomic mass is 19.4. The van der Waals surface area contributed by atoms with E-state index in [-0.39, 0.29) is 11.4 Å². The van der Waals surface area contributed by atoms with Crippen molar-refractivity contribution < 1.29 is 22.7 Å². The Balaban J connectivity index is 2.37. The molecule has 1 aromatic heterocycles. The van der Waals surface area contributed by atoms with Crippen LogP contribution in [-0.2, 0) is 6.18 Å². The largest absolute Gasteiger partial charge is 0.505 e. The summed E-state index contributed by atoms with van der Waals surface area (Å²) in [5.74, 6) is -3.04. The Morgan fingerprint density at radius 2 is 2.14 bits per heavy atom. The number of alkyl halides is 3. The standard InChI is InChI=1S/C11H6F4N6O/c12-6-1-2-7(9(22)8(6)11(13,14)15)17-4-5(3-16)10-18-20-21-19-10/h1-2,4,17,22H,(H,18,19,20,21). The first-order valence-electron chi connectivity index (χ1n) is 5.54. The first kappa shape index (κ1) is 15.2. The number of halogens is 4. The zero-order valence-corrected chi connectivity index (χ0v) is 10.5. The molecule has 22 heavy (non-hydrogen) atoms. The molecule has 0 amide bonds. The fourth-order valence-electron chi connectivity index (χ4n) is 1.53. The molecule has 3 N–H and O–H groups in total. The highest BCUT2D eigenvalue weighted by molar-refractivity contribution is 5.75. The lowest BCUT2D eigenvalue weighted by Gasteiger charge is -2.13. The fraction of sp³-hybridized carbons (Fsp3) is 0.0909. The van der Waals surface area contributed by atoms with Crippen LogP contribution in [-0.4, -0.2) is 25.7 Å². The van der Waals surface area contributed by atoms with Gasteiger partial charge < -0.3 is 10.4 Å². The van der Waals surface area contributed by atoms with E-state index in [9.17, 15) is 22.7 Å². The van der Waals surface area contributed by atoms with Crippen LogP contribution in [0.3, 0.4) is 0 Å². The maximum absolute atomic E-state index is 13.2. The predicted molar refractivity (Wildman–Crippen MR) is 64.5 cm³/mol. The zero-order chi connectivity index (χ0) is 16.3. The van der Waals surface area contributed by atoms with Crippen molar-refractivity contribution in [2.45, 2.75) is 6.18 Å². The Hall–Kier alpha value is -3.16. The predicted octanol–water partition coefficient (Wildman–Crippen LogP) is 2.04. The Bertz CT molecular complexity index is 747. The summed E-state index contributed by atoms with van der Waals surface area (Å²) in [5.41, 5.74) is -2.40. The van der Waals surface area contributed by atoms with Crippen molar-refractivity contribution in [3.05, 3.63) is 35.5 Å². The van der Waals surface area contributed by atoms with Gasteiger partial charge in [-0.05, 0) is 17.3 Å². The van der Waals surface area contributed by atoms with E-state index in [1.165, 1.54) is 0 Å². The molecule has 114 valence electrons. The van der Waals surface area contributed by atoms with Crippen LogP contribution in [0, 0.1) is 17.1 Å². The molecule has 0 aliphatic rings. The number of rotatable bonds is 3. The number of hydrogen-bond acceptors (Lipinski definition) is 6. The second-order valence-electron chi connectivity index (χ2n) is 3.87. The Kier molecular flexibility index (Phi) is 3.93. The van der Waals surface area contributed by atoms with Gasteiger partial charge in [-0.2, -0.15) is 23.6 Å². The number of aromatic amines is 1. The van der Waals surface area contributed by atoms with E-state index >= 15 is 0 Å². The molecule has 0 unspecified atom stereocenters. The van der Waals surface area contributed by atoms with Crippen LogP contribution >= 0.6 is 0 Å². The van der Waals surface area contributed by atoms with E-state index in [1.807, 2.05) is 0 Å². The smallest absolute Gasteiger partial charge is 0.422 e. The third-order valence-corrected chi connectivity index (χ3v) is 2.49. The summed E-state index contributed by atoms with van der Waals surface area (Å²) >= 11 is 0. The lowest BCUT2D eigenvalue weighted by molar-refractivity contribution is -0.141. The molecular formula is C11H6F4N6O. The summed E-state index contributed by atoms with van der Waals surface area (Å²) in [4.78, 5) is 0. The molecule has 2 aromatic rings. The number of anilines is 1. The third kappa shape index (κ3) is 2.95. The number of nitrogens with one attached hydrogen (secondary N) is 2. The van der Waals surface area contributed by atoms with E-state index in [0.29, 0.717) is 6.07 Å². The van der Waals surface area contributed by atoms with Gasteiger partial charge in [-0.15, -0.1) is 10.2 Å². The lowest BCUT2D eigenvalue weighted by Crippen LogP contribution is -2.09. The average Bonchev–Trinajstić information content (AvgIpc) is 2.94. The number of allylic oxidation sites excluding steroid dienone is 1. The van der Waals surface area contributed by atoms with Gasteiger partial charge in [0.05, 0.1) is 5.69 Å². The first-order chi connectivity index (χ1) is 10.3. The van der Waals surface area contributed by atoms with Crippen molar-refractivity contribution in [3.8, 4) is 11.8 Å². The zero-order valence-electron chi connectivity index (χ0n) is 10.5. The monoisotopic (exact) mass is 314 g/mol. The van der Waals surface area contributed by atoms with Gasteiger partial charge in [-0.25, -0.2) is 4.39 Å². The fourth-order valence-corrected chi connectivity index (χ4v) is 1.53. The Morgan fingerprint density at radius 3 is 2.68 bits per heavy atom. The molecule has 0 aliphatic carbocycles. The third-order valence-electron chi connectivity index (χ3n) is 2.49. The molecule has 0 saturated heterocycles. The number of aromatic hydroxyl groups is 1.